The van der Waals surface area contributed by atoms with E-state index < -0.39 is 5.82 Å². The Morgan fingerprint density at radius 2 is 2.06 bits per heavy atom. The Morgan fingerprint density at radius 3 is 2.61 bits per heavy atom. The van der Waals surface area contributed by atoms with Crippen LogP contribution in [0.5, 0.6) is 0 Å². The molecule has 0 atom stereocenters. The molecule has 0 saturated carbocycles. The second-order valence-corrected chi connectivity index (χ2v) is 3.63. The van der Waals surface area contributed by atoms with Crippen molar-refractivity contribution in [3.8, 4) is 11.8 Å². The molecule has 0 aliphatic rings. The van der Waals surface area contributed by atoms with Crippen molar-refractivity contribution in [1.82, 2.24) is 4.90 Å². The summed E-state index contributed by atoms with van der Waals surface area (Å²) in [6.07, 6.45) is 0. The second kappa shape index (κ2) is 6.77. The average molecular weight is 249 g/mol. The predicted molar refractivity (Wildman–Crippen MR) is 67.6 cm³/mol. The summed E-state index contributed by atoms with van der Waals surface area (Å²) in [6.45, 7) is 4.47. The van der Waals surface area contributed by atoms with Gasteiger partial charge in [0.15, 0.2) is 0 Å². The summed E-state index contributed by atoms with van der Waals surface area (Å²) < 4.78 is 13.6. The Bertz CT molecular complexity index is 484. The third kappa shape index (κ3) is 3.31. The summed E-state index contributed by atoms with van der Waals surface area (Å²) in [4.78, 5) is 13.6. The summed E-state index contributed by atoms with van der Waals surface area (Å²) in [5.74, 6) is 4.22. The molecule has 0 aliphatic heterocycles. The van der Waals surface area contributed by atoms with Crippen molar-refractivity contribution >= 4 is 5.91 Å². The Hall–Kier alpha value is -1.86. The molecule has 1 aromatic carbocycles. The molecule has 1 aromatic rings. The Morgan fingerprint density at radius 1 is 1.39 bits per heavy atom. The molecule has 0 fully saturated rings. The first kappa shape index (κ1) is 14.2. The average Bonchev–Trinajstić information content (AvgIpc) is 2.39. The Balaban J connectivity index is 3.11. The van der Waals surface area contributed by atoms with Gasteiger partial charge in [0, 0.05) is 18.7 Å². The lowest BCUT2D eigenvalue weighted by Crippen LogP contribution is -2.31. The third-order valence-corrected chi connectivity index (χ3v) is 2.56. The molecule has 0 spiro atoms. The Labute approximate surface area is 106 Å². The molecule has 1 rings (SSSR count). The smallest absolute Gasteiger partial charge is 0.256 e. The van der Waals surface area contributed by atoms with Gasteiger partial charge in [-0.25, -0.2) is 4.39 Å². The fourth-order valence-corrected chi connectivity index (χ4v) is 1.59. The van der Waals surface area contributed by atoms with Gasteiger partial charge in [-0.05, 0) is 32.0 Å². The van der Waals surface area contributed by atoms with Crippen LogP contribution in [-0.4, -0.2) is 35.6 Å². The largest absolute Gasteiger partial charge is 0.384 e. The normalized spacial score (nSPS) is 9.56. The lowest BCUT2D eigenvalue weighted by atomic mass is 10.1. The highest BCUT2D eigenvalue weighted by Gasteiger charge is 2.16. The van der Waals surface area contributed by atoms with E-state index in [1.807, 2.05) is 13.8 Å². The molecular weight excluding hydrogens is 233 g/mol. The van der Waals surface area contributed by atoms with E-state index in [1.165, 1.54) is 18.2 Å². The molecule has 0 aliphatic carbocycles. The molecule has 1 amide bonds. The van der Waals surface area contributed by atoms with E-state index in [0.717, 1.165) is 0 Å². The zero-order valence-electron chi connectivity index (χ0n) is 10.5. The molecule has 0 aromatic heterocycles. The number of aliphatic hydroxyl groups excluding tert-OH is 1. The fourth-order valence-electron chi connectivity index (χ4n) is 1.59. The van der Waals surface area contributed by atoms with E-state index in [0.29, 0.717) is 18.7 Å². The number of nitrogens with zero attached hydrogens (tertiary/aromatic N) is 1. The van der Waals surface area contributed by atoms with Gasteiger partial charge in [-0.3, -0.25) is 4.79 Å². The van der Waals surface area contributed by atoms with Crippen LogP contribution in [0, 0.1) is 17.7 Å². The van der Waals surface area contributed by atoms with Crippen molar-refractivity contribution in [3.05, 3.63) is 35.1 Å². The standard InChI is InChI=1S/C14H16FNO2/c1-3-16(4-2)14(18)12-10-11(6-5-9-17)7-8-13(12)15/h7-8,10,17H,3-4,9H2,1-2H3. The van der Waals surface area contributed by atoms with E-state index in [9.17, 15) is 9.18 Å². The number of hydrogen-bond acceptors (Lipinski definition) is 2. The zero-order valence-corrected chi connectivity index (χ0v) is 10.5. The van der Waals surface area contributed by atoms with Crippen molar-refractivity contribution in [3.63, 3.8) is 0 Å². The van der Waals surface area contributed by atoms with E-state index in [-0.39, 0.29) is 18.1 Å². The lowest BCUT2D eigenvalue weighted by Gasteiger charge is -2.18. The van der Waals surface area contributed by atoms with Crippen LogP contribution in [0.1, 0.15) is 29.8 Å². The fraction of sp³-hybridized carbons (Fsp3) is 0.357. The van der Waals surface area contributed by atoms with Crippen LogP contribution in [0.25, 0.3) is 0 Å². The van der Waals surface area contributed by atoms with Crippen LogP contribution in [-0.2, 0) is 0 Å². The highest BCUT2D eigenvalue weighted by Crippen LogP contribution is 2.13. The lowest BCUT2D eigenvalue weighted by molar-refractivity contribution is 0.0768. The van der Waals surface area contributed by atoms with E-state index >= 15 is 0 Å². The van der Waals surface area contributed by atoms with Crippen molar-refractivity contribution < 1.29 is 14.3 Å². The Kier molecular flexibility index (Phi) is 5.34. The van der Waals surface area contributed by atoms with Crippen LogP contribution in [0.2, 0.25) is 0 Å². The number of amides is 1. The van der Waals surface area contributed by atoms with Gasteiger partial charge >= 0.3 is 0 Å². The van der Waals surface area contributed by atoms with E-state index in [4.69, 9.17) is 5.11 Å². The minimum Gasteiger partial charge on any atom is -0.384 e. The first-order valence-corrected chi connectivity index (χ1v) is 5.82. The quantitative estimate of drug-likeness (QED) is 0.827. The van der Waals surface area contributed by atoms with Gasteiger partial charge < -0.3 is 10.0 Å². The molecular formula is C14H16FNO2. The molecule has 18 heavy (non-hydrogen) atoms. The maximum absolute atomic E-state index is 13.6. The van der Waals surface area contributed by atoms with Crippen molar-refractivity contribution in [2.45, 2.75) is 13.8 Å². The van der Waals surface area contributed by atoms with E-state index in [1.54, 1.807) is 4.90 Å². The van der Waals surface area contributed by atoms with Crippen LogP contribution in [0.15, 0.2) is 18.2 Å². The number of carbonyl (C=O) groups is 1. The summed E-state index contributed by atoms with van der Waals surface area (Å²) in [5.41, 5.74) is 0.532. The molecule has 96 valence electrons. The molecule has 0 bridgehead atoms. The number of aliphatic hydroxyl groups is 1. The van der Waals surface area contributed by atoms with Gasteiger partial charge in [0.05, 0.1) is 5.56 Å². The van der Waals surface area contributed by atoms with E-state index in [2.05, 4.69) is 11.8 Å². The third-order valence-electron chi connectivity index (χ3n) is 2.56. The first-order chi connectivity index (χ1) is 8.63. The van der Waals surface area contributed by atoms with Crippen molar-refractivity contribution in [1.29, 1.82) is 0 Å². The molecule has 4 heteroatoms. The molecule has 0 saturated heterocycles. The SMILES string of the molecule is CCN(CC)C(=O)c1cc(C#CCO)ccc1F. The first-order valence-electron chi connectivity index (χ1n) is 5.82. The van der Waals surface area contributed by atoms with Gasteiger partial charge in [0.25, 0.3) is 5.91 Å². The molecule has 0 unspecified atom stereocenters. The number of carbonyl (C=O) groups excluding carboxylic acids is 1. The van der Waals surface area contributed by atoms with Crippen molar-refractivity contribution in [2.75, 3.05) is 19.7 Å². The number of hydrogen-bond donors (Lipinski definition) is 1. The molecule has 0 heterocycles. The summed E-state index contributed by atoms with van der Waals surface area (Å²) in [6, 6.07) is 4.12. The number of rotatable bonds is 3. The monoisotopic (exact) mass is 249 g/mol. The van der Waals surface area contributed by atoms with Gasteiger partial charge in [0.2, 0.25) is 0 Å². The van der Waals surface area contributed by atoms with Gasteiger partial charge in [-0.15, -0.1) is 0 Å². The highest BCUT2D eigenvalue weighted by atomic mass is 19.1. The van der Waals surface area contributed by atoms with Crippen LogP contribution in [0.4, 0.5) is 4.39 Å². The number of halogens is 1. The second-order valence-electron chi connectivity index (χ2n) is 3.63. The highest BCUT2D eigenvalue weighted by molar-refractivity contribution is 5.94. The van der Waals surface area contributed by atoms with Crippen LogP contribution in [0.3, 0.4) is 0 Å². The summed E-state index contributed by atoms with van der Waals surface area (Å²) in [5, 5.41) is 8.60. The summed E-state index contributed by atoms with van der Waals surface area (Å²) >= 11 is 0. The molecule has 3 nitrogen and oxygen atoms in total. The maximum atomic E-state index is 13.6. The molecule has 0 radical (unpaired) electrons. The topological polar surface area (TPSA) is 40.5 Å². The van der Waals surface area contributed by atoms with Crippen molar-refractivity contribution in [2.24, 2.45) is 0 Å². The maximum Gasteiger partial charge on any atom is 0.256 e. The summed E-state index contributed by atoms with van der Waals surface area (Å²) in [7, 11) is 0. The minimum absolute atomic E-state index is 0.0171. The number of benzene rings is 1. The van der Waals surface area contributed by atoms with Crippen LogP contribution >= 0.6 is 0 Å². The zero-order chi connectivity index (χ0) is 13.5. The minimum atomic E-state index is -0.554. The predicted octanol–water partition coefficient (Wildman–Crippen LogP) is 1.65. The molecule has 1 N–H and O–H groups in total. The van der Waals surface area contributed by atoms with Gasteiger partial charge in [-0.2, -0.15) is 0 Å². The van der Waals surface area contributed by atoms with Gasteiger partial charge in [-0.1, -0.05) is 11.8 Å². The van der Waals surface area contributed by atoms with Gasteiger partial charge in [0.1, 0.15) is 12.4 Å². The van der Waals surface area contributed by atoms with Crippen LogP contribution < -0.4 is 0 Å².